The van der Waals surface area contributed by atoms with Gasteiger partial charge in [-0.1, -0.05) is 12.8 Å². The first-order valence-electron chi connectivity index (χ1n) is 4.84. The molecule has 0 aromatic heterocycles. The van der Waals surface area contributed by atoms with Gasteiger partial charge in [0, 0.05) is 24.9 Å². The van der Waals surface area contributed by atoms with Crippen molar-refractivity contribution in [2.24, 2.45) is 5.92 Å². The number of nitriles is 1. The van der Waals surface area contributed by atoms with Crippen molar-refractivity contribution < 1.29 is 5.11 Å². The fourth-order valence-corrected chi connectivity index (χ4v) is 1.96. The zero-order valence-corrected chi connectivity index (χ0v) is 8.70. The Balaban J connectivity index is 2.74. The monoisotopic (exact) mass is 192 g/mol. The number of hydrogen-bond acceptors (Lipinski definition) is 3. The van der Waals surface area contributed by atoms with E-state index in [1.54, 1.807) is 0 Å². The fraction of sp³-hybridized carbons (Fsp3) is 0.727. The smallest absolute Gasteiger partial charge is 0.156 e. The summed E-state index contributed by atoms with van der Waals surface area (Å²) in [5.74, 6) is 2.55. The SMILES string of the molecule is C#CCN1CC(C)C(O)(C#N)CC1C. The molecule has 1 aliphatic rings. The number of hydrogen-bond donors (Lipinski definition) is 1. The lowest BCUT2D eigenvalue weighted by atomic mass is 9.80. The molecule has 1 rings (SSSR count). The number of aliphatic hydroxyl groups is 1. The van der Waals surface area contributed by atoms with Gasteiger partial charge in [-0.05, 0) is 6.92 Å². The van der Waals surface area contributed by atoms with Crippen molar-refractivity contribution in [3.05, 3.63) is 0 Å². The molecule has 0 saturated carbocycles. The average molecular weight is 192 g/mol. The Labute approximate surface area is 85.3 Å². The van der Waals surface area contributed by atoms with Gasteiger partial charge in [-0.15, -0.1) is 6.42 Å². The van der Waals surface area contributed by atoms with Crippen LogP contribution in [0.2, 0.25) is 0 Å². The molecule has 1 heterocycles. The molecule has 76 valence electrons. The van der Waals surface area contributed by atoms with Crippen molar-refractivity contribution in [1.29, 1.82) is 5.26 Å². The number of likely N-dealkylation sites (tertiary alicyclic amines) is 1. The lowest BCUT2D eigenvalue weighted by Crippen LogP contribution is -2.54. The van der Waals surface area contributed by atoms with E-state index in [1.165, 1.54) is 0 Å². The van der Waals surface area contributed by atoms with Crippen molar-refractivity contribution in [1.82, 2.24) is 4.90 Å². The van der Waals surface area contributed by atoms with Crippen LogP contribution in [0.25, 0.3) is 0 Å². The highest BCUT2D eigenvalue weighted by atomic mass is 16.3. The van der Waals surface area contributed by atoms with Crippen LogP contribution in [0.1, 0.15) is 20.3 Å². The van der Waals surface area contributed by atoms with Gasteiger partial charge in [0.2, 0.25) is 0 Å². The van der Waals surface area contributed by atoms with Gasteiger partial charge in [-0.3, -0.25) is 4.90 Å². The lowest BCUT2D eigenvalue weighted by molar-refractivity contribution is -0.0402. The van der Waals surface area contributed by atoms with E-state index in [1.807, 2.05) is 19.9 Å². The minimum absolute atomic E-state index is 0.0444. The second-order valence-corrected chi connectivity index (χ2v) is 4.12. The summed E-state index contributed by atoms with van der Waals surface area (Å²) in [7, 11) is 0. The van der Waals surface area contributed by atoms with E-state index in [2.05, 4.69) is 10.8 Å². The van der Waals surface area contributed by atoms with Gasteiger partial charge in [0.25, 0.3) is 0 Å². The summed E-state index contributed by atoms with van der Waals surface area (Å²) in [6, 6.07) is 2.17. The van der Waals surface area contributed by atoms with Crippen LogP contribution in [0.4, 0.5) is 0 Å². The molecule has 0 spiro atoms. The van der Waals surface area contributed by atoms with Gasteiger partial charge in [0.1, 0.15) is 0 Å². The number of nitrogens with zero attached hydrogens (tertiary/aromatic N) is 2. The van der Waals surface area contributed by atoms with Gasteiger partial charge in [-0.2, -0.15) is 5.26 Å². The van der Waals surface area contributed by atoms with Crippen molar-refractivity contribution in [2.45, 2.75) is 31.9 Å². The minimum atomic E-state index is -1.18. The quantitative estimate of drug-likeness (QED) is 0.489. The van der Waals surface area contributed by atoms with Crippen LogP contribution >= 0.6 is 0 Å². The van der Waals surface area contributed by atoms with Crippen LogP contribution < -0.4 is 0 Å². The molecule has 0 aromatic rings. The van der Waals surface area contributed by atoms with E-state index < -0.39 is 5.60 Å². The first-order valence-corrected chi connectivity index (χ1v) is 4.84. The zero-order valence-electron chi connectivity index (χ0n) is 8.70. The molecule has 0 aliphatic carbocycles. The van der Waals surface area contributed by atoms with Crippen molar-refractivity contribution in [3.8, 4) is 18.4 Å². The van der Waals surface area contributed by atoms with E-state index in [9.17, 15) is 5.11 Å². The largest absolute Gasteiger partial charge is 0.375 e. The lowest BCUT2D eigenvalue weighted by Gasteiger charge is -2.42. The molecule has 1 saturated heterocycles. The average Bonchev–Trinajstić information content (AvgIpc) is 2.15. The Hall–Kier alpha value is -1.03. The second-order valence-electron chi connectivity index (χ2n) is 4.12. The molecule has 0 aromatic carbocycles. The van der Waals surface area contributed by atoms with Gasteiger partial charge in [0.15, 0.2) is 5.60 Å². The first-order chi connectivity index (χ1) is 6.53. The molecule has 1 fully saturated rings. The first kappa shape index (κ1) is 11.0. The molecule has 3 nitrogen and oxygen atoms in total. The summed E-state index contributed by atoms with van der Waals surface area (Å²) in [5.41, 5.74) is -1.18. The Morgan fingerprint density at radius 3 is 2.79 bits per heavy atom. The normalized spacial score (nSPS) is 38.6. The number of rotatable bonds is 1. The maximum atomic E-state index is 9.97. The molecule has 3 atom stereocenters. The fourth-order valence-electron chi connectivity index (χ4n) is 1.96. The Bertz CT molecular complexity index is 289. The molecule has 3 heteroatoms. The molecule has 0 amide bonds. The van der Waals surface area contributed by atoms with Crippen LogP contribution in [0.5, 0.6) is 0 Å². The Morgan fingerprint density at radius 1 is 1.64 bits per heavy atom. The third kappa shape index (κ3) is 1.90. The van der Waals surface area contributed by atoms with Crippen molar-refractivity contribution in [3.63, 3.8) is 0 Å². The molecule has 0 bridgehead atoms. The molecule has 14 heavy (non-hydrogen) atoms. The highest BCUT2D eigenvalue weighted by Crippen LogP contribution is 2.30. The third-order valence-electron chi connectivity index (χ3n) is 3.04. The highest BCUT2D eigenvalue weighted by molar-refractivity contribution is 5.09. The predicted octanol–water partition coefficient (Wildman–Crippen LogP) is 0.605. The zero-order chi connectivity index (χ0) is 10.8. The highest BCUT2D eigenvalue weighted by Gasteiger charge is 2.42. The van der Waals surface area contributed by atoms with Gasteiger partial charge < -0.3 is 5.11 Å². The molecule has 1 aliphatic heterocycles. The van der Waals surface area contributed by atoms with Gasteiger partial charge in [-0.25, -0.2) is 0 Å². The van der Waals surface area contributed by atoms with Crippen molar-refractivity contribution >= 4 is 0 Å². The maximum Gasteiger partial charge on any atom is 0.156 e. The van der Waals surface area contributed by atoms with Crippen LogP contribution in [0.15, 0.2) is 0 Å². The number of terminal acetylenes is 1. The third-order valence-corrected chi connectivity index (χ3v) is 3.04. The summed E-state index contributed by atoms with van der Waals surface area (Å²) in [5, 5.41) is 18.9. The summed E-state index contributed by atoms with van der Waals surface area (Å²) in [6.07, 6.45) is 5.73. The Morgan fingerprint density at radius 2 is 2.29 bits per heavy atom. The molecular weight excluding hydrogens is 176 g/mol. The maximum absolute atomic E-state index is 9.97. The summed E-state index contributed by atoms with van der Waals surface area (Å²) in [6.45, 7) is 5.16. The topological polar surface area (TPSA) is 47.3 Å². The number of piperidine rings is 1. The molecule has 1 N–H and O–H groups in total. The Kier molecular flexibility index (Phi) is 3.16. The van der Waals surface area contributed by atoms with E-state index in [0.29, 0.717) is 19.5 Å². The van der Waals surface area contributed by atoms with Crippen LogP contribution in [-0.2, 0) is 0 Å². The van der Waals surface area contributed by atoms with Crippen LogP contribution in [0, 0.1) is 29.6 Å². The van der Waals surface area contributed by atoms with Gasteiger partial charge in [0.05, 0.1) is 12.6 Å². The van der Waals surface area contributed by atoms with Gasteiger partial charge >= 0.3 is 0 Å². The molecule has 0 radical (unpaired) electrons. The van der Waals surface area contributed by atoms with E-state index >= 15 is 0 Å². The van der Waals surface area contributed by atoms with E-state index in [4.69, 9.17) is 11.7 Å². The standard InChI is InChI=1S/C11H16N2O/c1-4-5-13-7-9(2)11(14,8-12)6-10(13)3/h1,9-10,14H,5-7H2,2-3H3. The van der Waals surface area contributed by atoms with Crippen LogP contribution in [0.3, 0.4) is 0 Å². The van der Waals surface area contributed by atoms with Crippen molar-refractivity contribution in [2.75, 3.05) is 13.1 Å². The summed E-state index contributed by atoms with van der Waals surface area (Å²) in [4.78, 5) is 2.12. The van der Waals surface area contributed by atoms with E-state index in [0.717, 1.165) is 0 Å². The summed E-state index contributed by atoms with van der Waals surface area (Å²) < 4.78 is 0. The second kappa shape index (κ2) is 4.00. The van der Waals surface area contributed by atoms with Crippen LogP contribution in [-0.4, -0.2) is 34.7 Å². The predicted molar refractivity (Wildman–Crippen MR) is 54.2 cm³/mol. The minimum Gasteiger partial charge on any atom is -0.375 e. The molecular formula is C11H16N2O. The van der Waals surface area contributed by atoms with E-state index in [-0.39, 0.29) is 12.0 Å². The summed E-state index contributed by atoms with van der Waals surface area (Å²) >= 11 is 0. The molecule has 3 unspecified atom stereocenters.